The quantitative estimate of drug-likeness (QED) is 0.127. The molecule has 0 aromatic carbocycles. The Balaban J connectivity index is 5.53. The smallest absolute Gasteiger partial charge is 0.328 e. The van der Waals surface area contributed by atoms with E-state index in [0.29, 0.717) is 0 Å². The average Bonchev–Trinajstić information content (AvgIpc) is 2.62. The van der Waals surface area contributed by atoms with Gasteiger partial charge < -0.3 is 42.7 Å². The number of rotatable bonds is 14. The highest BCUT2D eigenvalue weighted by Crippen LogP contribution is 2.08. The predicted octanol–water partition coefficient (Wildman–Crippen LogP) is -3.37. The Hall–Kier alpha value is -3.26. The summed E-state index contributed by atoms with van der Waals surface area (Å²) in [6, 6.07) is -6.01. The van der Waals surface area contributed by atoms with Crippen molar-refractivity contribution in [2.24, 2.45) is 17.4 Å². The van der Waals surface area contributed by atoms with Gasteiger partial charge in [0.05, 0.1) is 25.0 Å². The van der Waals surface area contributed by atoms with Crippen LogP contribution >= 0.6 is 0 Å². The second-order valence-electron chi connectivity index (χ2n) is 7.69. The Labute approximate surface area is 184 Å². The predicted molar refractivity (Wildman–Crippen MR) is 109 cm³/mol. The number of carbonyl (C=O) groups excluding carboxylic acids is 4. The highest BCUT2D eigenvalue weighted by molar-refractivity contribution is 5.96. The third-order valence-corrected chi connectivity index (χ3v) is 4.16. The van der Waals surface area contributed by atoms with E-state index in [4.69, 9.17) is 21.7 Å². The van der Waals surface area contributed by atoms with E-state index in [1.165, 1.54) is 0 Å². The van der Waals surface area contributed by atoms with Crippen molar-refractivity contribution in [2.75, 3.05) is 0 Å². The van der Waals surface area contributed by atoms with Crippen LogP contribution in [-0.2, 0) is 28.8 Å². The first kappa shape index (κ1) is 28.7. The van der Waals surface area contributed by atoms with Crippen molar-refractivity contribution in [3.63, 3.8) is 0 Å². The van der Waals surface area contributed by atoms with Gasteiger partial charge in [0.1, 0.15) is 12.1 Å². The van der Waals surface area contributed by atoms with Crippen LogP contribution in [0.1, 0.15) is 40.0 Å². The molecule has 5 atom stereocenters. The van der Waals surface area contributed by atoms with E-state index in [1.807, 2.05) is 0 Å². The van der Waals surface area contributed by atoms with Crippen molar-refractivity contribution in [1.29, 1.82) is 0 Å². The van der Waals surface area contributed by atoms with E-state index in [9.17, 15) is 33.9 Å². The number of primary amides is 1. The van der Waals surface area contributed by atoms with E-state index < -0.39 is 78.7 Å². The number of hydrogen-bond donors (Lipinski definition) is 8. The number of carboxylic acids is 2. The Bertz CT molecular complexity index is 726. The number of nitrogens with two attached hydrogens (primary N) is 2. The third kappa shape index (κ3) is 10.7. The van der Waals surface area contributed by atoms with Crippen LogP contribution in [0.5, 0.6) is 0 Å². The molecule has 5 unspecified atom stereocenters. The molecule has 0 saturated heterocycles. The summed E-state index contributed by atoms with van der Waals surface area (Å²) >= 11 is 0. The minimum atomic E-state index is -1.64. The highest BCUT2D eigenvalue weighted by atomic mass is 16.4. The molecule has 0 rings (SSSR count). The zero-order valence-corrected chi connectivity index (χ0v) is 18.0. The number of aliphatic hydroxyl groups excluding tert-OH is 1. The molecule has 0 radical (unpaired) electrons. The molecule has 14 nitrogen and oxygen atoms in total. The monoisotopic (exact) mass is 461 g/mol. The molecule has 0 aromatic heterocycles. The molecule has 0 spiro atoms. The van der Waals surface area contributed by atoms with Gasteiger partial charge in [-0.2, -0.15) is 0 Å². The molecule has 0 bridgehead atoms. The summed E-state index contributed by atoms with van der Waals surface area (Å²) in [5, 5.41) is 34.2. The molecule has 0 aliphatic rings. The number of amides is 4. The fourth-order valence-corrected chi connectivity index (χ4v) is 2.59. The SMILES string of the molecule is CC(C)CC(NC(=O)C(CC(=O)O)NC(=O)C(N)CC(N)=O)C(=O)NC(C(=O)O)C(C)O. The first-order valence-corrected chi connectivity index (χ1v) is 9.73. The van der Waals surface area contributed by atoms with Gasteiger partial charge >= 0.3 is 11.9 Å². The number of aliphatic hydroxyl groups is 1. The third-order valence-electron chi connectivity index (χ3n) is 4.16. The van der Waals surface area contributed by atoms with Crippen LogP contribution < -0.4 is 27.4 Å². The number of nitrogens with one attached hydrogen (secondary N) is 3. The lowest BCUT2D eigenvalue weighted by Crippen LogP contribution is -2.58. The van der Waals surface area contributed by atoms with Crippen LogP contribution in [0.25, 0.3) is 0 Å². The maximum atomic E-state index is 12.6. The van der Waals surface area contributed by atoms with E-state index in [2.05, 4.69) is 16.0 Å². The zero-order chi connectivity index (χ0) is 25.2. The molecule has 14 heteroatoms. The summed E-state index contributed by atoms with van der Waals surface area (Å²) in [5.74, 6) is -6.96. The van der Waals surface area contributed by atoms with Gasteiger partial charge in [-0.25, -0.2) is 4.79 Å². The molecule has 0 aliphatic heterocycles. The van der Waals surface area contributed by atoms with Gasteiger partial charge in [-0.05, 0) is 19.3 Å². The summed E-state index contributed by atoms with van der Waals surface area (Å²) in [4.78, 5) is 70.5. The second kappa shape index (κ2) is 13.2. The first-order valence-electron chi connectivity index (χ1n) is 9.73. The minimum absolute atomic E-state index is 0.0403. The summed E-state index contributed by atoms with van der Waals surface area (Å²) in [6.45, 7) is 4.59. The largest absolute Gasteiger partial charge is 0.481 e. The normalized spacial score (nSPS) is 15.6. The number of carboxylic acid groups (broad SMARTS) is 2. The zero-order valence-electron chi connectivity index (χ0n) is 18.0. The van der Waals surface area contributed by atoms with Crippen molar-refractivity contribution in [3.05, 3.63) is 0 Å². The highest BCUT2D eigenvalue weighted by Gasteiger charge is 2.33. The van der Waals surface area contributed by atoms with Crippen molar-refractivity contribution in [2.45, 2.75) is 70.3 Å². The van der Waals surface area contributed by atoms with Crippen molar-refractivity contribution >= 4 is 35.6 Å². The van der Waals surface area contributed by atoms with Crippen LogP contribution in [0.2, 0.25) is 0 Å². The lowest BCUT2D eigenvalue weighted by atomic mass is 10.0. The fourth-order valence-electron chi connectivity index (χ4n) is 2.59. The molecule has 4 amide bonds. The fraction of sp³-hybridized carbons (Fsp3) is 0.667. The van der Waals surface area contributed by atoms with E-state index in [1.54, 1.807) is 13.8 Å². The molecule has 32 heavy (non-hydrogen) atoms. The van der Waals surface area contributed by atoms with Crippen molar-refractivity contribution < 1.29 is 44.1 Å². The van der Waals surface area contributed by atoms with Crippen LogP contribution in [0, 0.1) is 5.92 Å². The molecule has 0 heterocycles. The molecular formula is C18H31N5O9. The molecular weight excluding hydrogens is 430 g/mol. The second-order valence-corrected chi connectivity index (χ2v) is 7.69. The van der Waals surface area contributed by atoms with Crippen LogP contribution in [0.4, 0.5) is 0 Å². The number of carbonyl (C=O) groups is 6. The van der Waals surface area contributed by atoms with Crippen LogP contribution in [0.15, 0.2) is 0 Å². The summed E-state index contributed by atoms with van der Waals surface area (Å²) in [6.07, 6.45) is -2.79. The van der Waals surface area contributed by atoms with Gasteiger partial charge in [-0.3, -0.25) is 24.0 Å². The molecule has 0 saturated carbocycles. The lowest BCUT2D eigenvalue weighted by molar-refractivity contribution is -0.145. The standard InChI is InChI=1S/C18H31N5O9/c1-7(2)4-10(17(30)23-14(8(3)24)18(31)32)22-16(29)11(6-13(26)27)21-15(28)9(19)5-12(20)25/h7-11,14,24H,4-6,19H2,1-3H3,(H2,20,25)(H,21,28)(H,22,29)(H,23,30)(H,26,27)(H,31,32). The van der Waals surface area contributed by atoms with Crippen LogP contribution in [-0.4, -0.2) is 81.2 Å². The molecule has 0 fully saturated rings. The minimum Gasteiger partial charge on any atom is -0.481 e. The topological polar surface area (TPSA) is 251 Å². The maximum Gasteiger partial charge on any atom is 0.328 e. The van der Waals surface area contributed by atoms with Crippen LogP contribution in [0.3, 0.4) is 0 Å². The Morgan fingerprint density at radius 1 is 0.812 bits per heavy atom. The maximum absolute atomic E-state index is 12.6. The van der Waals surface area contributed by atoms with Crippen molar-refractivity contribution in [1.82, 2.24) is 16.0 Å². The average molecular weight is 461 g/mol. The molecule has 10 N–H and O–H groups in total. The summed E-state index contributed by atoms with van der Waals surface area (Å²) < 4.78 is 0. The van der Waals surface area contributed by atoms with Gasteiger partial charge in [-0.15, -0.1) is 0 Å². The first-order chi connectivity index (χ1) is 14.6. The van der Waals surface area contributed by atoms with Gasteiger partial charge in [0, 0.05) is 0 Å². The van der Waals surface area contributed by atoms with E-state index in [-0.39, 0.29) is 12.3 Å². The molecule has 0 aliphatic carbocycles. The summed E-state index contributed by atoms with van der Waals surface area (Å²) in [5.41, 5.74) is 10.4. The van der Waals surface area contributed by atoms with Gasteiger partial charge in [-0.1, -0.05) is 13.8 Å². The van der Waals surface area contributed by atoms with E-state index >= 15 is 0 Å². The number of hydrogen-bond acceptors (Lipinski definition) is 8. The summed E-state index contributed by atoms with van der Waals surface area (Å²) in [7, 11) is 0. The Morgan fingerprint density at radius 2 is 1.31 bits per heavy atom. The lowest BCUT2D eigenvalue weighted by Gasteiger charge is -2.26. The number of aliphatic carboxylic acids is 2. The molecule has 182 valence electrons. The van der Waals surface area contributed by atoms with E-state index in [0.717, 1.165) is 6.92 Å². The van der Waals surface area contributed by atoms with Gasteiger partial charge in [0.2, 0.25) is 23.6 Å². The Morgan fingerprint density at radius 3 is 1.72 bits per heavy atom. The van der Waals surface area contributed by atoms with Crippen molar-refractivity contribution in [3.8, 4) is 0 Å². The Kier molecular flexibility index (Phi) is 11.9. The molecule has 0 aromatic rings. The van der Waals surface area contributed by atoms with Gasteiger partial charge in [0.15, 0.2) is 6.04 Å². The van der Waals surface area contributed by atoms with Gasteiger partial charge in [0.25, 0.3) is 0 Å².